The van der Waals surface area contributed by atoms with Gasteiger partial charge < -0.3 is 25.0 Å². The number of carbonyl (C=O) groups is 3. The summed E-state index contributed by atoms with van der Waals surface area (Å²) < 4.78 is 7.24. The average molecular weight is 477 g/mol. The molecule has 4 rings (SSSR count). The predicted octanol–water partition coefficient (Wildman–Crippen LogP) is 3.41. The highest BCUT2D eigenvalue weighted by atomic mass is 16.5. The van der Waals surface area contributed by atoms with Gasteiger partial charge in [-0.2, -0.15) is 0 Å². The number of fused-ring (bicyclic) bond motifs is 3. The van der Waals surface area contributed by atoms with Crippen molar-refractivity contribution in [1.82, 2.24) is 20.2 Å². The van der Waals surface area contributed by atoms with E-state index < -0.39 is 12.1 Å². The Kier molecular flexibility index (Phi) is 7.77. The van der Waals surface area contributed by atoms with E-state index in [0.717, 1.165) is 11.1 Å². The topological polar surface area (TPSA) is 123 Å². The summed E-state index contributed by atoms with van der Waals surface area (Å²) in [5.41, 5.74) is 4.94. The van der Waals surface area contributed by atoms with E-state index >= 15 is 0 Å². The number of benzene rings is 2. The van der Waals surface area contributed by atoms with E-state index in [0.29, 0.717) is 32.5 Å². The van der Waals surface area contributed by atoms with Crippen LogP contribution in [0.5, 0.6) is 0 Å². The number of nitrogens with zero attached hydrogens (tertiary/aromatic N) is 2. The van der Waals surface area contributed by atoms with E-state index in [-0.39, 0.29) is 30.5 Å². The number of aliphatic carboxylic acids is 1. The number of unbranched alkanes of at least 4 members (excludes halogenated alkanes) is 1. The van der Waals surface area contributed by atoms with Crippen LogP contribution in [0.15, 0.2) is 61.1 Å². The SMILES string of the molecule is O=C(O)CCCCNC(=O)c1cn(CCNC(=O)OCC2c3ccccc3-c3ccccc32)cn1. The first-order chi connectivity index (χ1) is 17.0. The van der Waals surface area contributed by atoms with Crippen LogP contribution in [0.4, 0.5) is 4.79 Å². The van der Waals surface area contributed by atoms with Gasteiger partial charge in [0.15, 0.2) is 0 Å². The Morgan fingerprint density at radius 1 is 0.943 bits per heavy atom. The molecule has 2 amide bonds. The van der Waals surface area contributed by atoms with Gasteiger partial charge in [0.2, 0.25) is 0 Å². The van der Waals surface area contributed by atoms with Crippen molar-refractivity contribution in [3.05, 3.63) is 77.9 Å². The Hall–Kier alpha value is -4.14. The number of carboxylic acids is 1. The van der Waals surface area contributed by atoms with E-state index in [1.54, 1.807) is 10.8 Å². The quantitative estimate of drug-likeness (QED) is 0.365. The number of hydrogen-bond acceptors (Lipinski definition) is 5. The van der Waals surface area contributed by atoms with Crippen LogP contribution in [0.3, 0.4) is 0 Å². The molecule has 182 valence electrons. The molecule has 0 unspecified atom stereocenters. The Bertz CT molecular complexity index is 1160. The van der Waals surface area contributed by atoms with Crippen LogP contribution in [0, 0.1) is 0 Å². The van der Waals surface area contributed by atoms with Crippen LogP contribution < -0.4 is 10.6 Å². The normalized spacial score (nSPS) is 12.0. The maximum Gasteiger partial charge on any atom is 0.407 e. The minimum atomic E-state index is -0.846. The summed E-state index contributed by atoms with van der Waals surface area (Å²) in [6.45, 7) is 1.40. The molecule has 2 aromatic carbocycles. The largest absolute Gasteiger partial charge is 0.481 e. The van der Waals surface area contributed by atoms with E-state index in [1.165, 1.54) is 17.5 Å². The van der Waals surface area contributed by atoms with Gasteiger partial charge in [-0.25, -0.2) is 9.78 Å². The second-order valence-electron chi connectivity index (χ2n) is 8.36. The third-order valence-corrected chi connectivity index (χ3v) is 5.95. The second-order valence-corrected chi connectivity index (χ2v) is 8.36. The summed E-state index contributed by atoms with van der Waals surface area (Å²) in [7, 11) is 0. The minimum absolute atomic E-state index is 0.00648. The molecule has 9 heteroatoms. The molecule has 9 nitrogen and oxygen atoms in total. The molecule has 1 aliphatic rings. The Morgan fingerprint density at radius 2 is 1.63 bits per heavy atom. The fourth-order valence-electron chi connectivity index (χ4n) is 4.23. The van der Waals surface area contributed by atoms with Gasteiger partial charge in [0.05, 0.1) is 6.33 Å². The first-order valence-corrected chi connectivity index (χ1v) is 11.6. The number of carbonyl (C=O) groups excluding carboxylic acids is 2. The van der Waals surface area contributed by atoms with Gasteiger partial charge in [0.1, 0.15) is 12.3 Å². The average Bonchev–Trinajstić information content (AvgIpc) is 3.45. The first-order valence-electron chi connectivity index (χ1n) is 11.6. The highest BCUT2D eigenvalue weighted by molar-refractivity contribution is 5.92. The fourth-order valence-corrected chi connectivity index (χ4v) is 4.23. The number of nitrogens with one attached hydrogen (secondary N) is 2. The van der Waals surface area contributed by atoms with Crippen LogP contribution >= 0.6 is 0 Å². The molecule has 0 fully saturated rings. The van der Waals surface area contributed by atoms with Crippen molar-refractivity contribution in [3.8, 4) is 11.1 Å². The van der Waals surface area contributed by atoms with Gasteiger partial charge in [0, 0.05) is 38.2 Å². The number of hydrogen-bond donors (Lipinski definition) is 3. The van der Waals surface area contributed by atoms with Crippen LogP contribution in [0.1, 0.15) is 46.8 Å². The molecule has 0 radical (unpaired) electrons. The van der Waals surface area contributed by atoms with Gasteiger partial charge in [-0.3, -0.25) is 9.59 Å². The van der Waals surface area contributed by atoms with Crippen molar-refractivity contribution in [2.24, 2.45) is 0 Å². The van der Waals surface area contributed by atoms with Gasteiger partial charge in [-0.1, -0.05) is 48.5 Å². The molecule has 0 bridgehead atoms. The van der Waals surface area contributed by atoms with Crippen LogP contribution in [-0.2, 0) is 16.1 Å². The number of carboxylic acid groups (broad SMARTS) is 1. The fraction of sp³-hybridized carbons (Fsp3) is 0.308. The molecule has 0 saturated carbocycles. The number of ether oxygens (including phenoxy) is 1. The van der Waals surface area contributed by atoms with Crippen LogP contribution in [-0.4, -0.2) is 52.3 Å². The van der Waals surface area contributed by atoms with Gasteiger partial charge in [-0.15, -0.1) is 0 Å². The molecule has 3 aromatic rings. The molecule has 35 heavy (non-hydrogen) atoms. The second kappa shape index (κ2) is 11.3. The standard InChI is InChI=1S/C26H28N4O5/c31-24(32)11-5-6-12-27-25(33)23-15-30(17-29-23)14-13-28-26(34)35-16-22-20-9-3-1-7-18(20)19-8-2-4-10-21(19)22/h1-4,7-10,15,17,22H,5-6,11-14,16H2,(H,27,33)(H,28,34)(H,31,32). The molecule has 0 atom stereocenters. The number of amides is 2. The minimum Gasteiger partial charge on any atom is -0.481 e. The molecular weight excluding hydrogens is 448 g/mol. The molecule has 1 aromatic heterocycles. The number of alkyl carbamates (subject to hydrolysis) is 1. The Morgan fingerprint density at radius 3 is 2.31 bits per heavy atom. The summed E-state index contributed by atoms with van der Waals surface area (Å²) in [6.07, 6.45) is 3.81. The van der Waals surface area contributed by atoms with E-state index in [1.807, 2.05) is 24.3 Å². The smallest absolute Gasteiger partial charge is 0.407 e. The molecule has 3 N–H and O–H groups in total. The van der Waals surface area contributed by atoms with Crippen molar-refractivity contribution in [3.63, 3.8) is 0 Å². The molecule has 0 spiro atoms. The zero-order valence-electron chi connectivity index (χ0n) is 19.3. The Labute approximate surface area is 203 Å². The van der Waals surface area contributed by atoms with Crippen molar-refractivity contribution < 1.29 is 24.2 Å². The monoisotopic (exact) mass is 476 g/mol. The lowest BCUT2D eigenvalue weighted by molar-refractivity contribution is -0.137. The van der Waals surface area contributed by atoms with Crippen molar-refractivity contribution in [1.29, 1.82) is 0 Å². The number of aromatic nitrogens is 2. The molecule has 0 aliphatic heterocycles. The lowest BCUT2D eigenvalue weighted by Gasteiger charge is -2.14. The lowest BCUT2D eigenvalue weighted by atomic mass is 9.98. The van der Waals surface area contributed by atoms with Gasteiger partial charge in [0.25, 0.3) is 5.91 Å². The predicted molar refractivity (Wildman–Crippen MR) is 129 cm³/mol. The van der Waals surface area contributed by atoms with Crippen molar-refractivity contribution >= 4 is 18.0 Å². The molecule has 0 saturated heterocycles. The third kappa shape index (κ3) is 6.06. The summed E-state index contributed by atoms with van der Waals surface area (Å²) >= 11 is 0. The van der Waals surface area contributed by atoms with E-state index in [2.05, 4.69) is 39.9 Å². The van der Waals surface area contributed by atoms with Gasteiger partial charge in [-0.05, 0) is 35.1 Å². The zero-order valence-corrected chi connectivity index (χ0v) is 19.3. The summed E-state index contributed by atoms with van der Waals surface area (Å²) in [4.78, 5) is 39.0. The lowest BCUT2D eigenvalue weighted by Crippen LogP contribution is -2.29. The summed E-state index contributed by atoms with van der Waals surface area (Å²) in [5, 5.41) is 14.1. The zero-order chi connectivity index (χ0) is 24.6. The molecule has 1 heterocycles. The van der Waals surface area contributed by atoms with Gasteiger partial charge >= 0.3 is 12.1 Å². The van der Waals surface area contributed by atoms with Crippen LogP contribution in [0.2, 0.25) is 0 Å². The maximum atomic E-state index is 12.3. The highest BCUT2D eigenvalue weighted by Gasteiger charge is 2.28. The van der Waals surface area contributed by atoms with E-state index in [9.17, 15) is 14.4 Å². The maximum absolute atomic E-state index is 12.3. The summed E-state index contributed by atoms with van der Waals surface area (Å²) in [5.74, 6) is -1.16. The molecule has 1 aliphatic carbocycles. The summed E-state index contributed by atoms with van der Waals surface area (Å²) in [6, 6.07) is 16.3. The number of rotatable bonds is 11. The third-order valence-electron chi connectivity index (χ3n) is 5.95. The highest BCUT2D eigenvalue weighted by Crippen LogP contribution is 2.44. The van der Waals surface area contributed by atoms with Crippen molar-refractivity contribution in [2.75, 3.05) is 19.7 Å². The van der Waals surface area contributed by atoms with Crippen LogP contribution in [0.25, 0.3) is 11.1 Å². The van der Waals surface area contributed by atoms with Crippen molar-refractivity contribution in [2.45, 2.75) is 31.7 Å². The van der Waals surface area contributed by atoms with E-state index in [4.69, 9.17) is 9.84 Å². The first kappa shape index (κ1) is 24.0. The molecular formula is C26H28N4O5. The Balaban J connectivity index is 1.19. The number of imidazole rings is 1.